The monoisotopic (exact) mass is 159 g/mol. The number of hydrogen-bond acceptors (Lipinski definition) is 1. The van der Waals surface area contributed by atoms with Gasteiger partial charge >= 0.3 is 0 Å². The van der Waals surface area contributed by atoms with Gasteiger partial charge in [0.2, 0.25) is 0 Å². The van der Waals surface area contributed by atoms with Crippen LogP contribution in [0.5, 0.6) is 0 Å². The molecule has 0 saturated carbocycles. The lowest BCUT2D eigenvalue weighted by Crippen LogP contribution is -2.20. The Balaban J connectivity index is 3.13. The Morgan fingerprint density at radius 2 is 2.17 bits per heavy atom. The second kappa shape index (κ2) is 3.43. The molecule has 1 rings (SSSR count). The summed E-state index contributed by atoms with van der Waals surface area (Å²) in [6.45, 7) is 1.88. The fourth-order valence-electron chi connectivity index (χ4n) is 1.02. The Morgan fingerprint density at radius 3 is 2.75 bits per heavy atom. The van der Waals surface area contributed by atoms with E-state index < -0.39 is 0 Å². The largest absolute Gasteiger partial charge is 0.355 e. The standard InChI is InChI=1S/C9H10BNO/c1-6-3-4-7(10)5-8(6)9(12)11-2/h3-5H,1-2H3,(H,11,12). The lowest BCUT2D eigenvalue weighted by atomic mass is 9.92. The highest BCUT2D eigenvalue weighted by Crippen LogP contribution is 2.04. The molecule has 0 aromatic heterocycles. The van der Waals surface area contributed by atoms with E-state index in [1.54, 1.807) is 19.2 Å². The third-order valence-electron chi connectivity index (χ3n) is 1.73. The summed E-state index contributed by atoms with van der Waals surface area (Å²) in [7, 11) is 7.14. The highest BCUT2D eigenvalue weighted by Gasteiger charge is 2.05. The molecule has 0 atom stereocenters. The summed E-state index contributed by atoms with van der Waals surface area (Å²) in [5.41, 5.74) is 2.18. The first-order chi connectivity index (χ1) is 5.65. The highest BCUT2D eigenvalue weighted by molar-refractivity contribution is 6.32. The van der Waals surface area contributed by atoms with Gasteiger partial charge < -0.3 is 5.32 Å². The molecule has 2 nitrogen and oxygen atoms in total. The number of amides is 1. The third-order valence-corrected chi connectivity index (χ3v) is 1.73. The van der Waals surface area contributed by atoms with Crippen molar-refractivity contribution in [3.8, 4) is 0 Å². The average molecular weight is 159 g/mol. The van der Waals surface area contributed by atoms with Gasteiger partial charge in [-0.25, -0.2) is 0 Å². The topological polar surface area (TPSA) is 29.1 Å². The van der Waals surface area contributed by atoms with Gasteiger partial charge in [-0.2, -0.15) is 0 Å². The third kappa shape index (κ3) is 1.67. The van der Waals surface area contributed by atoms with Crippen molar-refractivity contribution >= 4 is 19.2 Å². The minimum absolute atomic E-state index is 0.0974. The normalized spacial score (nSPS) is 9.50. The number of carbonyl (C=O) groups excluding carboxylic acids is 1. The molecular formula is C9H10BNO. The number of rotatable bonds is 1. The molecule has 3 heteroatoms. The number of aryl methyl sites for hydroxylation is 1. The zero-order chi connectivity index (χ0) is 9.14. The van der Waals surface area contributed by atoms with Gasteiger partial charge in [-0.1, -0.05) is 23.7 Å². The summed E-state index contributed by atoms with van der Waals surface area (Å²) < 4.78 is 0. The maximum Gasteiger partial charge on any atom is 0.251 e. The molecule has 0 unspecified atom stereocenters. The van der Waals surface area contributed by atoms with Crippen LogP contribution < -0.4 is 10.8 Å². The quantitative estimate of drug-likeness (QED) is 0.580. The van der Waals surface area contributed by atoms with E-state index in [4.69, 9.17) is 7.85 Å². The number of nitrogens with one attached hydrogen (secondary N) is 1. The molecule has 0 aliphatic heterocycles. The molecule has 0 aliphatic rings. The van der Waals surface area contributed by atoms with Gasteiger partial charge in [0.1, 0.15) is 7.85 Å². The van der Waals surface area contributed by atoms with Crippen LogP contribution >= 0.6 is 0 Å². The van der Waals surface area contributed by atoms with E-state index in [-0.39, 0.29) is 5.91 Å². The minimum atomic E-state index is -0.0974. The summed E-state index contributed by atoms with van der Waals surface area (Å²) in [4.78, 5) is 11.2. The van der Waals surface area contributed by atoms with Crippen molar-refractivity contribution in [2.24, 2.45) is 0 Å². The predicted octanol–water partition coefficient (Wildman–Crippen LogP) is 0.148. The second-order valence-corrected chi connectivity index (χ2v) is 2.65. The van der Waals surface area contributed by atoms with Crippen LogP contribution in [-0.4, -0.2) is 20.8 Å². The predicted molar refractivity (Wildman–Crippen MR) is 50.0 cm³/mol. The van der Waals surface area contributed by atoms with Crippen LogP contribution in [0, 0.1) is 6.92 Å². The van der Waals surface area contributed by atoms with E-state index >= 15 is 0 Å². The summed E-state index contributed by atoms with van der Waals surface area (Å²) >= 11 is 0. The van der Waals surface area contributed by atoms with E-state index in [0.29, 0.717) is 11.0 Å². The first kappa shape index (κ1) is 8.85. The van der Waals surface area contributed by atoms with Crippen molar-refractivity contribution in [2.75, 3.05) is 7.05 Å². The van der Waals surface area contributed by atoms with Crippen LogP contribution in [0.3, 0.4) is 0 Å². The summed E-state index contributed by atoms with van der Waals surface area (Å²) in [5.74, 6) is -0.0974. The average Bonchev–Trinajstić information content (AvgIpc) is 2.08. The van der Waals surface area contributed by atoms with Crippen molar-refractivity contribution in [3.05, 3.63) is 29.3 Å². The van der Waals surface area contributed by atoms with Crippen molar-refractivity contribution in [1.82, 2.24) is 5.32 Å². The zero-order valence-corrected chi connectivity index (χ0v) is 7.22. The van der Waals surface area contributed by atoms with Crippen LogP contribution in [-0.2, 0) is 0 Å². The van der Waals surface area contributed by atoms with E-state index in [1.165, 1.54) is 0 Å². The van der Waals surface area contributed by atoms with Crippen LogP contribution in [0.15, 0.2) is 18.2 Å². The van der Waals surface area contributed by atoms with Crippen LogP contribution in [0.1, 0.15) is 15.9 Å². The lowest BCUT2D eigenvalue weighted by Gasteiger charge is -2.04. The Labute approximate surface area is 73.4 Å². The van der Waals surface area contributed by atoms with Crippen molar-refractivity contribution < 1.29 is 4.79 Å². The van der Waals surface area contributed by atoms with Crippen LogP contribution in [0.2, 0.25) is 0 Å². The fraction of sp³-hybridized carbons (Fsp3) is 0.222. The minimum Gasteiger partial charge on any atom is -0.355 e. The van der Waals surface area contributed by atoms with Gasteiger partial charge in [-0.15, -0.1) is 0 Å². The molecule has 0 aliphatic carbocycles. The number of carbonyl (C=O) groups is 1. The first-order valence-corrected chi connectivity index (χ1v) is 3.73. The number of hydrogen-bond donors (Lipinski definition) is 1. The van der Waals surface area contributed by atoms with Crippen LogP contribution in [0.25, 0.3) is 0 Å². The molecule has 2 radical (unpaired) electrons. The van der Waals surface area contributed by atoms with Gasteiger partial charge in [-0.3, -0.25) is 4.79 Å². The van der Waals surface area contributed by atoms with Gasteiger partial charge in [0.15, 0.2) is 0 Å². The van der Waals surface area contributed by atoms with E-state index in [0.717, 1.165) is 5.56 Å². The second-order valence-electron chi connectivity index (χ2n) is 2.65. The summed E-state index contributed by atoms with van der Waals surface area (Å²) in [5, 5.41) is 2.55. The summed E-state index contributed by atoms with van der Waals surface area (Å²) in [6.07, 6.45) is 0. The molecule has 0 spiro atoms. The van der Waals surface area contributed by atoms with Gasteiger partial charge in [0, 0.05) is 12.6 Å². The van der Waals surface area contributed by atoms with Crippen molar-refractivity contribution in [1.29, 1.82) is 0 Å². The molecule has 1 amide bonds. The molecule has 1 aromatic rings. The Hall–Kier alpha value is -1.25. The van der Waals surface area contributed by atoms with E-state index in [1.807, 2.05) is 13.0 Å². The lowest BCUT2D eigenvalue weighted by molar-refractivity contribution is 0.0962. The molecule has 12 heavy (non-hydrogen) atoms. The molecular weight excluding hydrogens is 149 g/mol. The SMILES string of the molecule is [B]c1ccc(C)c(C(=O)NC)c1. The Kier molecular flexibility index (Phi) is 2.53. The Morgan fingerprint density at radius 1 is 1.50 bits per heavy atom. The highest BCUT2D eigenvalue weighted by atomic mass is 16.1. The molecule has 0 saturated heterocycles. The molecule has 0 fully saturated rings. The zero-order valence-electron chi connectivity index (χ0n) is 7.22. The van der Waals surface area contributed by atoms with Crippen molar-refractivity contribution in [3.63, 3.8) is 0 Å². The Bertz CT molecular complexity index is 309. The van der Waals surface area contributed by atoms with Crippen molar-refractivity contribution in [2.45, 2.75) is 6.92 Å². The molecule has 0 bridgehead atoms. The first-order valence-electron chi connectivity index (χ1n) is 3.73. The molecule has 60 valence electrons. The fourth-order valence-corrected chi connectivity index (χ4v) is 1.02. The molecule has 1 N–H and O–H groups in total. The van der Waals surface area contributed by atoms with Crippen LogP contribution in [0.4, 0.5) is 0 Å². The maximum atomic E-state index is 11.2. The van der Waals surface area contributed by atoms with E-state index in [9.17, 15) is 4.79 Å². The number of benzene rings is 1. The molecule has 1 aromatic carbocycles. The van der Waals surface area contributed by atoms with Gasteiger partial charge in [-0.05, 0) is 12.5 Å². The maximum absolute atomic E-state index is 11.2. The van der Waals surface area contributed by atoms with Gasteiger partial charge in [0.25, 0.3) is 5.91 Å². The van der Waals surface area contributed by atoms with E-state index in [2.05, 4.69) is 5.32 Å². The van der Waals surface area contributed by atoms with Gasteiger partial charge in [0.05, 0.1) is 0 Å². The molecule has 0 heterocycles. The summed E-state index contributed by atoms with van der Waals surface area (Å²) in [6, 6.07) is 5.29. The smallest absolute Gasteiger partial charge is 0.251 e.